The third-order valence-electron chi connectivity index (χ3n) is 6.52. The Labute approximate surface area is 249 Å². The smallest absolute Gasteiger partial charge is 0.171 e. The molecule has 2 aromatic carbocycles. The fourth-order valence-corrected chi connectivity index (χ4v) is 5.65. The van der Waals surface area contributed by atoms with Crippen molar-refractivity contribution in [2.45, 2.75) is 37.3 Å². The lowest BCUT2D eigenvalue weighted by Crippen LogP contribution is -2.47. The predicted octanol–water partition coefficient (Wildman–Crippen LogP) is 7.32. The standard InChI is InChI=1S/C27H22Cl5N3O4/c1-2-27(36)23(38-12-16-4-6-18(29)10-21(16)31)22(13-37-11-15-3-5-17(28)9-20(15)30)39-26(27)35-8-7-19-24(32)33-14-34-25(19)35/h2-10,14,22-23,26,36H,1,11-13H2/t22-,23-,26-,27-/m1/s1. The Balaban J connectivity index is 1.44. The first-order chi connectivity index (χ1) is 18.7. The van der Waals surface area contributed by atoms with Crippen LogP contribution in [0.4, 0.5) is 0 Å². The summed E-state index contributed by atoms with van der Waals surface area (Å²) in [5.74, 6) is 0. The predicted molar refractivity (Wildman–Crippen MR) is 153 cm³/mol. The van der Waals surface area contributed by atoms with E-state index in [1.54, 1.807) is 53.2 Å². The van der Waals surface area contributed by atoms with Crippen LogP contribution in [0.15, 0.2) is 67.6 Å². The van der Waals surface area contributed by atoms with Crippen molar-refractivity contribution < 1.29 is 19.3 Å². The molecule has 12 heteroatoms. The van der Waals surface area contributed by atoms with Crippen LogP contribution in [-0.2, 0) is 27.4 Å². The first-order valence-electron chi connectivity index (χ1n) is 11.8. The summed E-state index contributed by atoms with van der Waals surface area (Å²) in [6, 6.07) is 12.0. The molecule has 4 aromatic rings. The fraction of sp³-hybridized carbons (Fsp3) is 0.259. The van der Waals surface area contributed by atoms with E-state index in [4.69, 9.17) is 72.2 Å². The minimum Gasteiger partial charge on any atom is -0.378 e. The van der Waals surface area contributed by atoms with E-state index in [0.29, 0.717) is 36.7 Å². The monoisotopic (exact) mass is 627 g/mol. The summed E-state index contributed by atoms with van der Waals surface area (Å²) in [4.78, 5) is 8.37. The van der Waals surface area contributed by atoms with E-state index >= 15 is 0 Å². The van der Waals surface area contributed by atoms with Crippen molar-refractivity contribution in [3.8, 4) is 0 Å². The van der Waals surface area contributed by atoms with Crippen LogP contribution < -0.4 is 0 Å². The van der Waals surface area contributed by atoms with Gasteiger partial charge in [-0.05, 0) is 41.5 Å². The van der Waals surface area contributed by atoms with Crippen molar-refractivity contribution in [2.24, 2.45) is 0 Å². The van der Waals surface area contributed by atoms with E-state index in [1.165, 1.54) is 12.4 Å². The first kappa shape index (κ1) is 28.6. The van der Waals surface area contributed by atoms with Gasteiger partial charge in [0, 0.05) is 26.3 Å². The molecule has 0 spiro atoms. The number of aromatic nitrogens is 3. The molecule has 1 aliphatic heterocycles. The number of aliphatic hydroxyl groups is 1. The molecule has 0 unspecified atom stereocenters. The number of halogens is 5. The topological polar surface area (TPSA) is 78.6 Å². The van der Waals surface area contributed by atoms with Crippen molar-refractivity contribution in [3.05, 3.63) is 104 Å². The van der Waals surface area contributed by atoms with E-state index < -0.39 is 24.0 Å². The highest BCUT2D eigenvalue weighted by atomic mass is 35.5. The van der Waals surface area contributed by atoms with Crippen LogP contribution in [0.25, 0.3) is 11.0 Å². The molecule has 3 heterocycles. The summed E-state index contributed by atoms with van der Waals surface area (Å²) >= 11 is 31.0. The highest BCUT2D eigenvalue weighted by molar-refractivity contribution is 6.35. The van der Waals surface area contributed by atoms with E-state index in [1.807, 2.05) is 0 Å². The second-order valence-electron chi connectivity index (χ2n) is 8.96. The summed E-state index contributed by atoms with van der Waals surface area (Å²) < 4.78 is 20.3. The summed E-state index contributed by atoms with van der Waals surface area (Å²) in [6.45, 7) is 4.23. The van der Waals surface area contributed by atoms with Gasteiger partial charge in [0.2, 0.25) is 0 Å². The van der Waals surface area contributed by atoms with Crippen molar-refractivity contribution in [1.82, 2.24) is 14.5 Å². The maximum atomic E-state index is 12.0. The largest absolute Gasteiger partial charge is 0.378 e. The zero-order chi connectivity index (χ0) is 27.7. The number of nitrogens with zero attached hydrogens (tertiary/aromatic N) is 3. The average Bonchev–Trinajstić information content (AvgIpc) is 3.45. The Morgan fingerprint density at radius 3 is 2.28 bits per heavy atom. The highest BCUT2D eigenvalue weighted by Crippen LogP contribution is 2.43. The number of fused-ring (bicyclic) bond motifs is 1. The van der Waals surface area contributed by atoms with Crippen LogP contribution in [0.3, 0.4) is 0 Å². The third-order valence-corrected chi connectivity index (χ3v) is 8.00. The molecule has 0 aliphatic carbocycles. The molecular weight excluding hydrogens is 608 g/mol. The molecule has 39 heavy (non-hydrogen) atoms. The Hall–Kier alpha value is -1.91. The summed E-state index contributed by atoms with van der Waals surface area (Å²) in [5, 5.41) is 14.8. The molecule has 7 nitrogen and oxygen atoms in total. The van der Waals surface area contributed by atoms with Crippen LogP contribution in [0, 0.1) is 0 Å². The normalized spacial score (nSPS) is 23.0. The van der Waals surface area contributed by atoms with Gasteiger partial charge in [0.05, 0.1) is 25.2 Å². The number of ether oxygens (including phenoxy) is 3. The highest BCUT2D eigenvalue weighted by Gasteiger charge is 2.56. The van der Waals surface area contributed by atoms with Crippen molar-refractivity contribution >= 4 is 69.0 Å². The van der Waals surface area contributed by atoms with Crippen LogP contribution in [0.2, 0.25) is 25.2 Å². The van der Waals surface area contributed by atoms with Gasteiger partial charge in [-0.15, -0.1) is 0 Å². The van der Waals surface area contributed by atoms with Crippen LogP contribution in [0.5, 0.6) is 0 Å². The Kier molecular flexibility index (Phi) is 8.74. The molecule has 204 valence electrons. The van der Waals surface area contributed by atoms with Gasteiger partial charge in [-0.3, -0.25) is 0 Å². The molecule has 0 radical (unpaired) electrons. The lowest BCUT2D eigenvalue weighted by Gasteiger charge is -2.31. The minimum absolute atomic E-state index is 0.0690. The molecule has 1 saturated heterocycles. The molecule has 1 aliphatic rings. The van der Waals surface area contributed by atoms with Gasteiger partial charge in [-0.1, -0.05) is 82.8 Å². The van der Waals surface area contributed by atoms with Gasteiger partial charge in [0.1, 0.15) is 29.3 Å². The fourth-order valence-electron chi connectivity index (χ4n) is 4.53. The summed E-state index contributed by atoms with van der Waals surface area (Å²) in [7, 11) is 0. The van der Waals surface area contributed by atoms with Gasteiger partial charge in [0.15, 0.2) is 11.8 Å². The maximum absolute atomic E-state index is 12.0. The second kappa shape index (κ2) is 11.9. The number of rotatable bonds is 9. The molecule has 5 rings (SSSR count). The van der Waals surface area contributed by atoms with Gasteiger partial charge < -0.3 is 23.9 Å². The molecule has 0 bridgehead atoms. The molecule has 1 fully saturated rings. The molecule has 0 amide bonds. The lowest BCUT2D eigenvalue weighted by atomic mass is 9.93. The van der Waals surface area contributed by atoms with Gasteiger partial charge >= 0.3 is 0 Å². The SMILES string of the molecule is C=C[C@@]1(O)[C@H](OCc2ccc(Cl)cc2Cl)[C@@H](COCc2ccc(Cl)cc2Cl)O[C@H]1n1ccc2c(Cl)ncnc21. The van der Waals surface area contributed by atoms with Gasteiger partial charge in [0.25, 0.3) is 0 Å². The van der Waals surface area contributed by atoms with E-state index in [9.17, 15) is 5.11 Å². The number of hydrogen-bond acceptors (Lipinski definition) is 6. The van der Waals surface area contributed by atoms with E-state index in [-0.39, 0.29) is 25.0 Å². The average molecular weight is 630 g/mol. The van der Waals surface area contributed by atoms with Gasteiger partial charge in [-0.25, -0.2) is 9.97 Å². The molecule has 0 saturated carbocycles. The van der Waals surface area contributed by atoms with Crippen LogP contribution in [0.1, 0.15) is 17.4 Å². The lowest BCUT2D eigenvalue weighted by molar-refractivity contribution is -0.0948. The maximum Gasteiger partial charge on any atom is 0.171 e. The van der Waals surface area contributed by atoms with E-state index in [0.717, 1.165) is 5.56 Å². The van der Waals surface area contributed by atoms with Gasteiger partial charge in [-0.2, -0.15) is 0 Å². The Morgan fingerprint density at radius 1 is 0.974 bits per heavy atom. The summed E-state index contributed by atoms with van der Waals surface area (Å²) in [5.41, 5.74) is 0.236. The van der Waals surface area contributed by atoms with Crippen molar-refractivity contribution in [1.29, 1.82) is 0 Å². The van der Waals surface area contributed by atoms with Crippen LogP contribution >= 0.6 is 58.0 Å². The molecular formula is C27H22Cl5N3O4. The molecule has 1 N–H and O–H groups in total. The first-order valence-corrected chi connectivity index (χ1v) is 13.7. The van der Waals surface area contributed by atoms with E-state index in [2.05, 4.69) is 16.5 Å². The number of benzene rings is 2. The third kappa shape index (κ3) is 5.79. The zero-order valence-electron chi connectivity index (χ0n) is 20.2. The van der Waals surface area contributed by atoms with Crippen LogP contribution in [-0.4, -0.2) is 44.1 Å². The molecule has 4 atom stereocenters. The minimum atomic E-state index is -1.69. The number of hydrogen-bond donors (Lipinski definition) is 1. The van der Waals surface area contributed by atoms with Crippen molar-refractivity contribution in [3.63, 3.8) is 0 Å². The quantitative estimate of drug-likeness (QED) is 0.155. The Morgan fingerprint density at radius 2 is 1.64 bits per heavy atom. The van der Waals surface area contributed by atoms with Crippen molar-refractivity contribution in [2.75, 3.05) is 6.61 Å². The second-order valence-corrected chi connectivity index (χ2v) is 11.0. The Bertz CT molecular complexity index is 1520. The summed E-state index contributed by atoms with van der Waals surface area (Å²) in [6.07, 6.45) is 1.88. The zero-order valence-corrected chi connectivity index (χ0v) is 24.0. The molecule has 2 aromatic heterocycles.